The minimum absolute atomic E-state index is 0.0265. The SMILES string of the molecule is CCCCC1([C@H](O)/C=C/[C@@H]2[C@@H](CC=C=CCCC(=O)O)[C@H](Cl)C[C@H]2O)CCC1. The summed E-state index contributed by atoms with van der Waals surface area (Å²) in [6.45, 7) is 2.18. The molecule has 0 aromatic heterocycles. The molecule has 0 unspecified atom stereocenters. The van der Waals surface area contributed by atoms with E-state index in [0.29, 0.717) is 19.3 Å². The second-order valence-electron chi connectivity index (χ2n) is 8.45. The summed E-state index contributed by atoms with van der Waals surface area (Å²) in [4.78, 5) is 10.5. The molecule has 0 spiro atoms. The topological polar surface area (TPSA) is 77.8 Å². The van der Waals surface area contributed by atoms with Gasteiger partial charge in [-0.05, 0) is 62.0 Å². The van der Waals surface area contributed by atoms with Gasteiger partial charge < -0.3 is 15.3 Å². The molecule has 0 amide bonds. The molecule has 2 aliphatic rings. The summed E-state index contributed by atoms with van der Waals surface area (Å²) in [7, 11) is 0. The molecular formula is C23H35ClO4. The minimum Gasteiger partial charge on any atom is -0.481 e. The number of carboxylic acids is 1. The van der Waals surface area contributed by atoms with Crippen LogP contribution in [0.4, 0.5) is 0 Å². The van der Waals surface area contributed by atoms with Crippen molar-refractivity contribution in [2.75, 3.05) is 0 Å². The van der Waals surface area contributed by atoms with Crippen LogP contribution in [0.2, 0.25) is 0 Å². The molecule has 28 heavy (non-hydrogen) atoms. The standard InChI is InChI=1S/C23H35ClO4/c1-2-3-13-23(14-8-15-23)21(26)12-11-18-17(19(24)16-20(18)25)9-6-4-5-7-10-22(27)28/h5-6,11-12,17-21,25-26H,2-3,7-10,13-16H2,1H3,(H,27,28)/b12-11+/t4?,17-,18-,19-,20-,21-/m1/s1. The minimum atomic E-state index is -0.815. The van der Waals surface area contributed by atoms with E-state index in [1.807, 2.05) is 18.2 Å². The quantitative estimate of drug-likeness (QED) is 0.259. The van der Waals surface area contributed by atoms with E-state index in [9.17, 15) is 15.0 Å². The number of aliphatic hydroxyl groups is 2. The van der Waals surface area contributed by atoms with Crippen LogP contribution in [0.3, 0.4) is 0 Å². The first-order chi connectivity index (χ1) is 13.4. The van der Waals surface area contributed by atoms with Gasteiger partial charge in [0.05, 0.1) is 12.2 Å². The van der Waals surface area contributed by atoms with Gasteiger partial charge in [0.1, 0.15) is 0 Å². The number of aliphatic carboxylic acids is 1. The molecule has 2 fully saturated rings. The third kappa shape index (κ3) is 6.22. The summed E-state index contributed by atoms with van der Waals surface area (Å²) in [5.41, 5.74) is 3.05. The molecule has 158 valence electrons. The van der Waals surface area contributed by atoms with Crippen LogP contribution in [0.15, 0.2) is 30.0 Å². The number of aliphatic hydroxyl groups excluding tert-OH is 2. The highest BCUT2D eigenvalue weighted by molar-refractivity contribution is 6.21. The second-order valence-corrected chi connectivity index (χ2v) is 9.01. The van der Waals surface area contributed by atoms with Crippen LogP contribution in [0, 0.1) is 17.3 Å². The van der Waals surface area contributed by atoms with E-state index in [-0.39, 0.29) is 29.0 Å². The smallest absolute Gasteiger partial charge is 0.303 e. The highest BCUT2D eigenvalue weighted by Gasteiger charge is 2.43. The number of hydrogen-bond donors (Lipinski definition) is 3. The third-order valence-electron chi connectivity index (χ3n) is 6.52. The van der Waals surface area contributed by atoms with Crippen LogP contribution in [0.1, 0.15) is 71.1 Å². The molecule has 3 N–H and O–H groups in total. The summed E-state index contributed by atoms with van der Waals surface area (Å²) >= 11 is 6.47. The highest BCUT2D eigenvalue weighted by atomic mass is 35.5. The molecule has 0 aliphatic heterocycles. The Morgan fingerprint density at radius 2 is 2.11 bits per heavy atom. The fourth-order valence-electron chi connectivity index (χ4n) is 4.52. The summed E-state index contributed by atoms with van der Waals surface area (Å²) in [6.07, 6.45) is 15.0. The zero-order valence-electron chi connectivity index (χ0n) is 16.9. The lowest BCUT2D eigenvalue weighted by molar-refractivity contribution is -0.136. The predicted molar refractivity (Wildman–Crippen MR) is 112 cm³/mol. The number of hydrogen-bond acceptors (Lipinski definition) is 3. The number of allylic oxidation sites excluding steroid dienone is 1. The van der Waals surface area contributed by atoms with E-state index in [0.717, 1.165) is 32.1 Å². The number of halogens is 1. The first-order valence-electron chi connectivity index (χ1n) is 10.7. The van der Waals surface area contributed by atoms with Gasteiger partial charge in [-0.25, -0.2) is 0 Å². The summed E-state index contributed by atoms with van der Waals surface area (Å²) < 4.78 is 0. The molecule has 5 heteroatoms. The van der Waals surface area contributed by atoms with E-state index in [1.165, 1.54) is 6.42 Å². The Hall–Kier alpha value is -1.06. The van der Waals surface area contributed by atoms with E-state index >= 15 is 0 Å². The van der Waals surface area contributed by atoms with E-state index < -0.39 is 18.2 Å². The van der Waals surface area contributed by atoms with E-state index in [4.69, 9.17) is 16.7 Å². The number of carbonyl (C=O) groups is 1. The molecule has 2 saturated carbocycles. The maximum absolute atomic E-state index is 10.8. The molecule has 2 rings (SSSR count). The van der Waals surface area contributed by atoms with Crippen LogP contribution in [0.25, 0.3) is 0 Å². The average molecular weight is 411 g/mol. The van der Waals surface area contributed by atoms with Crippen LogP contribution < -0.4 is 0 Å². The normalized spacial score (nSPS) is 29.9. The molecule has 0 heterocycles. The van der Waals surface area contributed by atoms with Crippen molar-refractivity contribution in [3.8, 4) is 0 Å². The molecule has 0 aromatic carbocycles. The van der Waals surface area contributed by atoms with Gasteiger partial charge in [0.15, 0.2) is 0 Å². The van der Waals surface area contributed by atoms with Crippen molar-refractivity contribution >= 4 is 17.6 Å². The Kier molecular flexibility index (Phi) is 9.30. The molecule has 0 saturated heterocycles. The van der Waals surface area contributed by atoms with E-state index in [2.05, 4.69) is 12.7 Å². The van der Waals surface area contributed by atoms with Gasteiger partial charge in [0.25, 0.3) is 0 Å². The first kappa shape index (κ1) is 23.2. The zero-order valence-corrected chi connectivity index (χ0v) is 17.7. The molecule has 4 nitrogen and oxygen atoms in total. The van der Waals surface area contributed by atoms with Gasteiger partial charge in [0, 0.05) is 17.7 Å². The Bertz CT molecular complexity index is 589. The lowest BCUT2D eigenvalue weighted by atomic mass is 9.62. The molecule has 0 aromatic rings. The monoisotopic (exact) mass is 410 g/mol. The summed E-state index contributed by atoms with van der Waals surface area (Å²) in [5.74, 6) is -0.796. The van der Waals surface area contributed by atoms with Gasteiger partial charge in [-0.2, -0.15) is 0 Å². The van der Waals surface area contributed by atoms with Crippen molar-refractivity contribution in [3.05, 3.63) is 30.0 Å². The zero-order chi connectivity index (χ0) is 20.6. The molecule has 0 bridgehead atoms. The van der Waals surface area contributed by atoms with Gasteiger partial charge in [0.2, 0.25) is 0 Å². The van der Waals surface area contributed by atoms with Gasteiger partial charge >= 0.3 is 5.97 Å². The highest BCUT2D eigenvalue weighted by Crippen LogP contribution is 2.49. The maximum atomic E-state index is 10.8. The summed E-state index contributed by atoms with van der Waals surface area (Å²) in [6, 6.07) is 0. The molecule has 0 radical (unpaired) electrons. The van der Waals surface area contributed by atoms with Crippen molar-refractivity contribution in [2.45, 2.75) is 88.7 Å². The fourth-order valence-corrected chi connectivity index (χ4v) is 4.98. The van der Waals surface area contributed by atoms with Crippen molar-refractivity contribution in [3.63, 3.8) is 0 Å². The lowest BCUT2D eigenvalue weighted by Crippen LogP contribution is -2.40. The van der Waals surface area contributed by atoms with Crippen LogP contribution >= 0.6 is 11.6 Å². The number of carboxylic acid groups (broad SMARTS) is 1. The van der Waals surface area contributed by atoms with Crippen molar-refractivity contribution in [2.24, 2.45) is 17.3 Å². The van der Waals surface area contributed by atoms with Crippen LogP contribution in [0.5, 0.6) is 0 Å². The number of unbranched alkanes of at least 4 members (excludes halogenated alkanes) is 1. The number of rotatable bonds is 11. The van der Waals surface area contributed by atoms with Crippen molar-refractivity contribution in [1.29, 1.82) is 0 Å². The van der Waals surface area contributed by atoms with Crippen molar-refractivity contribution < 1.29 is 20.1 Å². The van der Waals surface area contributed by atoms with Gasteiger partial charge in [-0.3, -0.25) is 4.79 Å². The van der Waals surface area contributed by atoms with E-state index in [1.54, 1.807) is 6.08 Å². The Morgan fingerprint density at radius 3 is 2.71 bits per heavy atom. The lowest BCUT2D eigenvalue weighted by Gasteiger charge is -2.45. The average Bonchev–Trinajstić information content (AvgIpc) is 2.88. The van der Waals surface area contributed by atoms with Gasteiger partial charge in [-0.15, -0.1) is 17.3 Å². The maximum Gasteiger partial charge on any atom is 0.303 e. The third-order valence-corrected chi connectivity index (χ3v) is 7.02. The molecule has 5 atom stereocenters. The fraction of sp³-hybridized carbons (Fsp3) is 0.739. The van der Waals surface area contributed by atoms with Crippen LogP contribution in [-0.4, -0.2) is 38.9 Å². The molecular weight excluding hydrogens is 376 g/mol. The Morgan fingerprint density at radius 1 is 1.36 bits per heavy atom. The summed E-state index contributed by atoms with van der Waals surface area (Å²) in [5, 5.41) is 29.7. The second kappa shape index (κ2) is 11.2. The Labute approximate surface area is 174 Å². The Balaban J connectivity index is 1.96. The van der Waals surface area contributed by atoms with Crippen LogP contribution in [-0.2, 0) is 4.79 Å². The molecule has 2 aliphatic carbocycles. The number of alkyl halides is 1. The van der Waals surface area contributed by atoms with Crippen molar-refractivity contribution in [1.82, 2.24) is 0 Å². The largest absolute Gasteiger partial charge is 0.481 e. The predicted octanol–water partition coefficient (Wildman–Crippen LogP) is 4.83. The van der Waals surface area contributed by atoms with Gasteiger partial charge in [-0.1, -0.05) is 38.3 Å². The first-order valence-corrected chi connectivity index (χ1v) is 11.1.